The number of hydrogen-bond donors (Lipinski definition) is 2. The van der Waals surface area contributed by atoms with Crippen LogP contribution in [0.3, 0.4) is 0 Å². The molecule has 0 aliphatic carbocycles. The molecule has 0 spiro atoms. The number of pyridine rings is 1. The lowest BCUT2D eigenvalue weighted by Crippen LogP contribution is -2.37. The minimum absolute atomic E-state index is 0.0620. The van der Waals surface area contributed by atoms with Crippen molar-refractivity contribution in [3.63, 3.8) is 0 Å². The van der Waals surface area contributed by atoms with Gasteiger partial charge in [-0.05, 0) is 19.4 Å². The Hall–Kier alpha value is -2.44. The van der Waals surface area contributed by atoms with Gasteiger partial charge < -0.3 is 20.4 Å². The summed E-state index contributed by atoms with van der Waals surface area (Å²) < 4.78 is 1.44. The molecule has 2 aromatic heterocycles. The molecular weight excluding hydrogens is 282 g/mol. The highest BCUT2D eigenvalue weighted by atomic mass is 16.1. The summed E-state index contributed by atoms with van der Waals surface area (Å²) in [4.78, 5) is 32.1. The largest absolute Gasteiger partial charge is 0.368 e. The van der Waals surface area contributed by atoms with E-state index in [9.17, 15) is 9.59 Å². The molecule has 0 bridgehead atoms. The number of aldehydes is 1. The first-order valence-corrected chi connectivity index (χ1v) is 7.27. The van der Waals surface area contributed by atoms with Crippen LogP contribution in [0.1, 0.15) is 33.1 Å². The Bertz CT molecular complexity index is 755. The number of anilines is 2. The molecule has 2 heterocycles. The average Bonchev–Trinajstić information content (AvgIpc) is 2.48. The molecule has 1 atom stereocenters. The van der Waals surface area contributed by atoms with E-state index < -0.39 is 5.54 Å². The fourth-order valence-corrected chi connectivity index (χ4v) is 2.31. The number of carbonyl (C=O) groups is 1. The van der Waals surface area contributed by atoms with Gasteiger partial charge in [-0.1, -0.05) is 19.8 Å². The second-order valence-corrected chi connectivity index (χ2v) is 5.69. The van der Waals surface area contributed by atoms with Crippen molar-refractivity contribution < 1.29 is 4.79 Å². The number of nitrogens with two attached hydrogens (primary N) is 1. The zero-order valence-electron chi connectivity index (χ0n) is 13.1. The highest BCUT2D eigenvalue weighted by molar-refractivity contribution is 5.90. The number of nitrogens with zero attached hydrogens (tertiary/aromatic N) is 3. The van der Waals surface area contributed by atoms with Crippen LogP contribution in [-0.2, 0) is 11.8 Å². The van der Waals surface area contributed by atoms with Gasteiger partial charge in [-0.3, -0.25) is 4.79 Å². The van der Waals surface area contributed by atoms with Gasteiger partial charge in [-0.2, -0.15) is 4.98 Å². The molecule has 2 aromatic rings. The zero-order chi connectivity index (χ0) is 16.3. The standard InChI is InChI=1S/C15H21N5O2/c1-4-5-7-15(2,9-21)19-12-11-10(17-14(16)18-12)6-8-20(3)13(11)22/h6,8-9H,4-5,7H2,1-3H3,(H3,16,17,18,19). The maximum absolute atomic E-state index is 12.4. The van der Waals surface area contributed by atoms with Gasteiger partial charge in [0.2, 0.25) is 5.95 Å². The van der Waals surface area contributed by atoms with Gasteiger partial charge in [0.15, 0.2) is 0 Å². The van der Waals surface area contributed by atoms with Crippen LogP contribution in [-0.4, -0.2) is 26.4 Å². The van der Waals surface area contributed by atoms with Crippen molar-refractivity contribution in [2.75, 3.05) is 11.1 Å². The monoisotopic (exact) mass is 303 g/mol. The van der Waals surface area contributed by atoms with Crippen molar-refractivity contribution in [2.45, 2.75) is 38.6 Å². The van der Waals surface area contributed by atoms with Crippen molar-refractivity contribution in [1.29, 1.82) is 0 Å². The first-order chi connectivity index (χ1) is 10.4. The second-order valence-electron chi connectivity index (χ2n) is 5.69. The van der Waals surface area contributed by atoms with Gasteiger partial charge in [-0.15, -0.1) is 0 Å². The van der Waals surface area contributed by atoms with E-state index in [0.29, 0.717) is 23.1 Å². The molecule has 0 radical (unpaired) electrons. The van der Waals surface area contributed by atoms with Crippen molar-refractivity contribution in [3.05, 3.63) is 22.6 Å². The first-order valence-electron chi connectivity index (χ1n) is 7.27. The predicted octanol–water partition coefficient (Wildman–Crippen LogP) is 1.47. The number of fused-ring (bicyclic) bond motifs is 1. The summed E-state index contributed by atoms with van der Waals surface area (Å²) in [5.74, 6) is 0.362. The average molecular weight is 303 g/mol. The van der Waals surface area contributed by atoms with Gasteiger partial charge in [0.25, 0.3) is 5.56 Å². The lowest BCUT2D eigenvalue weighted by atomic mass is 9.96. The van der Waals surface area contributed by atoms with Gasteiger partial charge in [-0.25, -0.2) is 4.98 Å². The number of hydrogen-bond acceptors (Lipinski definition) is 6. The minimum Gasteiger partial charge on any atom is -0.368 e. The Morgan fingerprint density at radius 2 is 2.18 bits per heavy atom. The molecule has 2 rings (SSSR count). The maximum Gasteiger partial charge on any atom is 0.263 e. The fraction of sp³-hybridized carbons (Fsp3) is 0.467. The Kier molecular flexibility index (Phi) is 4.44. The highest BCUT2D eigenvalue weighted by Crippen LogP contribution is 2.23. The summed E-state index contributed by atoms with van der Waals surface area (Å²) in [6.45, 7) is 3.84. The number of nitrogen functional groups attached to an aromatic ring is 1. The van der Waals surface area contributed by atoms with E-state index in [1.807, 2.05) is 0 Å². The van der Waals surface area contributed by atoms with Crippen LogP contribution in [0, 0.1) is 0 Å². The van der Waals surface area contributed by atoms with E-state index in [0.717, 1.165) is 19.1 Å². The van der Waals surface area contributed by atoms with Crippen molar-refractivity contribution in [3.8, 4) is 0 Å². The lowest BCUT2D eigenvalue weighted by Gasteiger charge is -2.25. The molecule has 22 heavy (non-hydrogen) atoms. The molecule has 0 aliphatic rings. The number of unbranched alkanes of at least 4 members (excludes halogenated alkanes) is 1. The topological polar surface area (TPSA) is 103 Å². The maximum atomic E-state index is 12.4. The van der Waals surface area contributed by atoms with E-state index in [1.54, 1.807) is 26.2 Å². The summed E-state index contributed by atoms with van der Waals surface area (Å²) in [5.41, 5.74) is 5.14. The lowest BCUT2D eigenvalue weighted by molar-refractivity contribution is -0.111. The summed E-state index contributed by atoms with van der Waals surface area (Å²) >= 11 is 0. The summed E-state index contributed by atoms with van der Waals surface area (Å²) in [6, 6.07) is 1.70. The highest BCUT2D eigenvalue weighted by Gasteiger charge is 2.25. The third kappa shape index (κ3) is 3.08. The van der Waals surface area contributed by atoms with Crippen molar-refractivity contribution >= 4 is 29.0 Å². The molecule has 0 amide bonds. The number of carbonyl (C=O) groups excluding carboxylic acids is 1. The normalized spacial score (nSPS) is 13.8. The van der Waals surface area contributed by atoms with E-state index in [-0.39, 0.29) is 11.5 Å². The SMILES string of the molecule is CCCCC(C)(C=O)Nc1nc(N)nc2ccn(C)c(=O)c12. The van der Waals surface area contributed by atoms with Gasteiger partial charge in [0.05, 0.1) is 11.1 Å². The summed E-state index contributed by atoms with van der Waals surface area (Å²) in [7, 11) is 1.65. The third-order valence-corrected chi connectivity index (χ3v) is 3.66. The predicted molar refractivity (Wildman–Crippen MR) is 86.8 cm³/mol. The van der Waals surface area contributed by atoms with Crippen molar-refractivity contribution in [1.82, 2.24) is 14.5 Å². The molecule has 0 fully saturated rings. The van der Waals surface area contributed by atoms with E-state index >= 15 is 0 Å². The molecular formula is C15H21N5O2. The third-order valence-electron chi connectivity index (χ3n) is 3.66. The Morgan fingerprint density at radius 3 is 2.82 bits per heavy atom. The Morgan fingerprint density at radius 1 is 1.45 bits per heavy atom. The van der Waals surface area contributed by atoms with Gasteiger partial charge in [0.1, 0.15) is 17.5 Å². The van der Waals surface area contributed by atoms with Crippen LogP contribution in [0.2, 0.25) is 0 Å². The van der Waals surface area contributed by atoms with Crippen LogP contribution in [0.5, 0.6) is 0 Å². The van der Waals surface area contributed by atoms with Crippen molar-refractivity contribution in [2.24, 2.45) is 7.05 Å². The Balaban J connectivity index is 2.57. The van der Waals surface area contributed by atoms with Crippen LogP contribution in [0.4, 0.5) is 11.8 Å². The molecule has 7 heteroatoms. The minimum atomic E-state index is -0.801. The van der Waals surface area contributed by atoms with E-state index in [2.05, 4.69) is 22.2 Å². The van der Waals surface area contributed by atoms with Gasteiger partial charge in [0, 0.05) is 13.2 Å². The number of aryl methyl sites for hydroxylation is 1. The van der Waals surface area contributed by atoms with Crippen LogP contribution in [0.15, 0.2) is 17.1 Å². The fourth-order valence-electron chi connectivity index (χ4n) is 2.31. The van der Waals surface area contributed by atoms with Crippen LogP contribution >= 0.6 is 0 Å². The Labute approximate surface area is 128 Å². The quantitative estimate of drug-likeness (QED) is 0.783. The molecule has 0 saturated carbocycles. The number of nitrogens with one attached hydrogen (secondary N) is 1. The summed E-state index contributed by atoms with van der Waals surface area (Å²) in [6.07, 6.45) is 4.97. The number of rotatable bonds is 6. The molecule has 1 unspecified atom stereocenters. The second kappa shape index (κ2) is 6.13. The smallest absolute Gasteiger partial charge is 0.263 e. The molecule has 118 valence electrons. The molecule has 3 N–H and O–H groups in total. The molecule has 0 saturated heterocycles. The molecule has 0 aromatic carbocycles. The van der Waals surface area contributed by atoms with Crippen LogP contribution in [0.25, 0.3) is 10.9 Å². The van der Waals surface area contributed by atoms with Crippen LogP contribution < -0.4 is 16.6 Å². The number of aromatic nitrogens is 3. The zero-order valence-corrected chi connectivity index (χ0v) is 13.1. The molecule has 7 nitrogen and oxygen atoms in total. The summed E-state index contributed by atoms with van der Waals surface area (Å²) in [5, 5.41) is 3.42. The first kappa shape index (κ1) is 15.9. The molecule has 0 aliphatic heterocycles. The van der Waals surface area contributed by atoms with E-state index in [1.165, 1.54) is 4.57 Å². The van der Waals surface area contributed by atoms with E-state index in [4.69, 9.17) is 5.73 Å². The van der Waals surface area contributed by atoms with Gasteiger partial charge >= 0.3 is 0 Å².